The number of nitrogens with one attached hydrogen (secondary N) is 1. The van der Waals surface area contributed by atoms with Gasteiger partial charge in [0.1, 0.15) is 6.04 Å². The first-order valence-corrected chi connectivity index (χ1v) is 6.61. The highest BCUT2D eigenvalue weighted by molar-refractivity contribution is 5.73. The molecule has 1 rings (SSSR count). The second-order valence-electron chi connectivity index (χ2n) is 5.11. The molecule has 0 spiro atoms. The maximum Gasteiger partial charge on any atom is 0.320 e. The van der Waals surface area contributed by atoms with E-state index >= 15 is 0 Å². The Balaban J connectivity index is 2.32. The molecule has 0 aliphatic heterocycles. The molecule has 1 saturated carbocycles. The predicted molar refractivity (Wildman–Crippen MR) is 65.5 cm³/mol. The second-order valence-corrected chi connectivity index (χ2v) is 5.11. The lowest BCUT2D eigenvalue weighted by Crippen LogP contribution is -2.41. The molecule has 1 aliphatic carbocycles. The Morgan fingerprint density at radius 2 is 2.12 bits per heavy atom. The zero-order valence-electron chi connectivity index (χ0n) is 10.5. The number of hydrogen-bond acceptors (Lipinski definition) is 2. The quantitative estimate of drug-likeness (QED) is 0.733. The highest BCUT2D eigenvalue weighted by atomic mass is 16.4. The molecule has 0 aromatic heterocycles. The highest BCUT2D eigenvalue weighted by Gasteiger charge is 2.23. The Hall–Kier alpha value is -0.570. The monoisotopic (exact) mass is 227 g/mol. The predicted octanol–water partition coefficient (Wildman–Crippen LogP) is 2.66. The number of carboxylic acid groups (broad SMARTS) is 1. The van der Waals surface area contributed by atoms with Crippen molar-refractivity contribution in [3.8, 4) is 0 Å². The summed E-state index contributed by atoms with van der Waals surface area (Å²) in [6, 6.07) is -0.348. The standard InChI is InChI=1S/C13H25NO2/c1-3-6-12(13(15)16)14-9-11-8-5-4-7-10(11)2/h10-12,14H,3-9H2,1-2H3,(H,15,16). The van der Waals surface area contributed by atoms with Crippen molar-refractivity contribution >= 4 is 5.97 Å². The van der Waals surface area contributed by atoms with Crippen molar-refractivity contribution in [1.29, 1.82) is 0 Å². The molecule has 3 atom stereocenters. The molecular weight excluding hydrogens is 202 g/mol. The minimum absolute atomic E-state index is 0.348. The molecule has 0 bridgehead atoms. The van der Waals surface area contributed by atoms with Gasteiger partial charge in [0, 0.05) is 0 Å². The van der Waals surface area contributed by atoms with E-state index in [9.17, 15) is 4.79 Å². The molecule has 0 amide bonds. The summed E-state index contributed by atoms with van der Waals surface area (Å²) in [6.07, 6.45) is 6.86. The van der Waals surface area contributed by atoms with Gasteiger partial charge in [-0.05, 0) is 31.2 Å². The van der Waals surface area contributed by atoms with Crippen LogP contribution in [0.1, 0.15) is 52.4 Å². The molecule has 3 nitrogen and oxygen atoms in total. The van der Waals surface area contributed by atoms with E-state index in [2.05, 4.69) is 12.2 Å². The minimum atomic E-state index is -0.703. The van der Waals surface area contributed by atoms with Crippen molar-refractivity contribution in [3.05, 3.63) is 0 Å². The summed E-state index contributed by atoms with van der Waals surface area (Å²) in [5.41, 5.74) is 0. The van der Waals surface area contributed by atoms with Gasteiger partial charge in [0.25, 0.3) is 0 Å². The summed E-state index contributed by atoms with van der Waals surface area (Å²) in [5.74, 6) is 0.718. The van der Waals surface area contributed by atoms with Gasteiger partial charge in [-0.15, -0.1) is 0 Å². The first kappa shape index (κ1) is 13.5. The fraction of sp³-hybridized carbons (Fsp3) is 0.923. The topological polar surface area (TPSA) is 49.3 Å². The van der Waals surface area contributed by atoms with E-state index in [1.807, 2.05) is 6.92 Å². The molecule has 0 saturated heterocycles. The Labute approximate surface area is 98.6 Å². The molecule has 1 aliphatic rings. The lowest BCUT2D eigenvalue weighted by atomic mass is 9.80. The zero-order valence-corrected chi connectivity index (χ0v) is 10.5. The van der Waals surface area contributed by atoms with E-state index in [1.165, 1.54) is 25.7 Å². The lowest BCUT2D eigenvalue weighted by Gasteiger charge is -2.30. The van der Waals surface area contributed by atoms with Crippen LogP contribution in [0.5, 0.6) is 0 Å². The SMILES string of the molecule is CCCC(NCC1CCCCC1C)C(=O)O. The summed E-state index contributed by atoms with van der Waals surface area (Å²) >= 11 is 0. The molecule has 2 N–H and O–H groups in total. The van der Waals surface area contributed by atoms with Crippen molar-refractivity contribution in [2.45, 2.75) is 58.4 Å². The third kappa shape index (κ3) is 4.12. The smallest absolute Gasteiger partial charge is 0.320 e. The van der Waals surface area contributed by atoms with E-state index in [0.29, 0.717) is 5.92 Å². The van der Waals surface area contributed by atoms with E-state index < -0.39 is 5.97 Å². The summed E-state index contributed by atoms with van der Waals surface area (Å²) in [5, 5.41) is 12.3. The number of carboxylic acids is 1. The average Bonchev–Trinajstić information content (AvgIpc) is 2.26. The van der Waals surface area contributed by atoms with Gasteiger partial charge in [-0.1, -0.05) is 39.5 Å². The van der Waals surface area contributed by atoms with E-state index in [4.69, 9.17) is 5.11 Å². The van der Waals surface area contributed by atoms with Gasteiger partial charge in [-0.3, -0.25) is 4.79 Å². The maximum absolute atomic E-state index is 11.0. The first-order valence-electron chi connectivity index (χ1n) is 6.61. The normalized spacial score (nSPS) is 27.6. The summed E-state index contributed by atoms with van der Waals surface area (Å²) in [6.45, 7) is 5.19. The van der Waals surface area contributed by atoms with Crippen LogP contribution >= 0.6 is 0 Å². The molecule has 1 fully saturated rings. The minimum Gasteiger partial charge on any atom is -0.480 e. The Morgan fingerprint density at radius 3 is 2.69 bits per heavy atom. The molecule has 0 heterocycles. The molecular formula is C13H25NO2. The Kier molecular flexibility index (Phi) is 5.81. The van der Waals surface area contributed by atoms with Crippen LogP contribution in [0.15, 0.2) is 0 Å². The fourth-order valence-corrected chi connectivity index (χ4v) is 2.59. The van der Waals surface area contributed by atoms with Crippen molar-refractivity contribution in [1.82, 2.24) is 5.32 Å². The van der Waals surface area contributed by atoms with Crippen LogP contribution in [-0.2, 0) is 4.79 Å². The number of aliphatic carboxylic acids is 1. The lowest BCUT2D eigenvalue weighted by molar-refractivity contribution is -0.139. The molecule has 16 heavy (non-hydrogen) atoms. The molecule has 0 aromatic rings. The van der Waals surface area contributed by atoms with Gasteiger partial charge in [0.15, 0.2) is 0 Å². The largest absolute Gasteiger partial charge is 0.480 e. The van der Waals surface area contributed by atoms with Crippen molar-refractivity contribution < 1.29 is 9.90 Å². The first-order chi connectivity index (χ1) is 7.65. The highest BCUT2D eigenvalue weighted by Crippen LogP contribution is 2.28. The number of carbonyl (C=O) groups is 1. The van der Waals surface area contributed by atoms with Gasteiger partial charge in [-0.25, -0.2) is 0 Å². The van der Waals surface area contributed by atoms with Crippen molar-refractivity contribution in [2.75, 3.05) is 6.54 Å². The van der Waals surface area contributed by atoms with Crippen molar-refractivity contribution in [2.24, 2.45) is 11.8 Å². The van der Waals surface area contributed by atoms with E-state index in [1.54, 1.807) is 0 Å². The molecule has 94 valence electrons. The van der Waals surface area contributed by atoms with E-state index in [-0.39, 0.29) is 6.04 Å². The van der Waals surface area contributed by atoms with Gasteiger partial charge in [-0.2, -0.15) is 0 Å². The maximum atomic E-state index is 11.0. The van der Waals surface area contributed by atoms with Crippen LogP contribution in [0.25, 0.3) is 0 Å². The zero-order chi connectivity index (χ0) is 12.0. The van der Waals surface area contributed by atoms with Gasteiger partial charge in [0.05, 0.1) is 0 Å². The van der Waals surface area contributed by atoms with Crippen LogP contribution in [0.3, 0.4) is 0 Å². The third-order valence-electron chi connectivity index (χ3n) is 3.79. The van der Waals surface area contributed by atoms with E-state index in [0.717, 1.165) is 25.3 Å². The third-order valence-corrected chi connectivity index (χ3v) is 3.79. The van der Waals surface area contributed by atoms with Crippen LogP contribution < -0.4 is 5.32 Å². The Morgan fingerprint density at radius 1 is 1.44 bits per heavy atom. The van der Waals surface area contributed by atoms with Gasteiger partial charge < -0.3 is 10.4 Å². The summed E-state index contributed by atoms with van der Waals surface area (Å²) in [4.78, 5) is 11.0. The second kappa shape index (κ2) is 6.89. The Bertz CT molecular complexity index is 218. The van der Waals surface area contributed by atoms with Crippen LogP contribution in [0.4, 0.5) is 0 Å². The molecule has 3 heteroatoms. The van der Waals surface area contributed by atoms with Crippen LogP contribution in [-0.4, -0.2) is 23.7 Å². The molecule has 3 unspecified atom stereocenters. The van der Waals surface area contributed by atoms with Crippen LogP contribution in [0.2, 0.25) is 0 Å². The fourth-order valence-electron chi connectivity index (χ4n) is 2.59. The van der Waals surface area contributed by atoms with Crippen LogP contribution in [0, 0.1) is 11.8 Å². The summed E-state index contributed by atoms with van der Waals surface area (Å²) in [7, 11) is 0. The van der Waals surface area contributed by atoms with Gasteiger partial charge in [0.2, 0.25) is 0 Å². The number of hydrogen-bond donors (Lipinski definition) is 2. The number of rotatable bonds is 6. The molecule has 0 aromatic carbocycles. The molecule has 0 radical (unpaired) electrons. The van der Waals surface area contributed by atoms with Gasteiger partial charge >= 0.3 is 5.97 Å². The average molecular weight is 227 g/mol. The summed E-state index contributed by atoms with van der Waals surface area (Å²) < 4.78 is 0. The van der Waals surface area contributed by atoms with Crippen molar-refractivity contribution in [3.63, 3.8) is 0 Å².